The van der Waals surface area contributed by atoms with Crippen LogP contribution in [0.25, 0.3) is 0 Å². The Morgan fingerprint density at radius 1 is 1.25 bits per heavy atom. The first-order valence-electron chi connectivity index (χ1n) is 6.14. The summed E-state index contributed by atoms with van der Waals surface area (Å²) in [6.07, 6.45) is 8.31. The van der Waals surface area contributed by atoms with E-state index < -0.39 is 0 Å². The van der Waals surface area contributed by atoms with Gasteiger partial charge in [0.1, 0.15) is 0 Å². The van der Waals surface area contributed by atoms with Crippen LogP contribution in [0.15, 0.2) is 36.4 Å². The number of aliphatic hydroxyl groups excluding tert-OH is 1. The van der Waals surface area contributed by atoms with Gasteiger partial charge < -0.3 is 5.11 Å². The first-order chi connectivity index (χ1) is 7.75. The van der Waals surface area contributed by atoms with E-state index in [-0.39, 0.29) is 6.10 Å². The molecule has 1 aliphatic carbocycles. The Morgan fingerprint density at radius 3 is 2.62 bits per heavy atom. The third kappa shape index (κ3) is 2.96. The standard InChI is InChI=1S/C15H20O/c1-12-7-9-13(10-8-12)11-15(16)14-5-3-2-4-6-14/h2-3,7-10,14-16H,4-6,11H2,1H3. The van der Waals surface area contributed by atoms with Crippen molar-refractivity contribution >= 4 is 0 Å². The molecular formula is C15H20O. The van der Waals surface area contributed by atoms with Crippen molar-refractivity contribution in [2.24, 2.45) is 5.92 Å². The number of hydrogen-bond donors (Lipinski definition) is 1. The normalized spacial score (nSPS) is 22.0. The van der Waals surface area contributed by atoms with E-state index in [4.69, 9.17) is 0 Å². The molecule has 1 aromatic carbocycles. The molecule has 0 amide bonds. The maximum Gasteiger partial charge on any atom is 0.0611 e. The van der Waals surface area contributed by atoms with Crippen LogP contribution in [0.1, 0.15) is 30.4 Å². The minimum atomic E-state index is -0.187. The Morgan fingerprint density at radius 2 is 2.00 bits per heavy atom. The monoisotopic (exact) mass is 216 g/mol. The zero-order valence-corrected chi connectivity index (χ0v) is 9.89. The quantitative estimate of drug-likeness (QED) is 0.769. The zero-order valence-electron chi connectivity index (χ0n) is 9.89. The number of aliphatic hydroxyl groups is 1. The van der Waals surface area contributed by atoms with Crippen molar-refractivity contribution < 1.29 is 5.11 Å². The lowest BCUT2D eigenvalue weighted by Gasteiger charge is -2.23. The van der Waals surface area contributed by atoms with Gasteiger partial charge in [0, 0.05) is 0 Å². The Bertz CT molecular complexity index is 350. The first-order valence-corrected chi connectivity index (χ1v) is 6.14. The summed E-state index contributed by atoms with van der Waals surface area (Å²) in [5, 5.41) is 10.2. The summed E-state index contributed by atoms with van der Waals surface area (Å²) in [5.74, 6) is 0.450. The molecule has 0 spiro atoms. The van der Waals surface area contributed by atoms with Crippen molar-refractivity contribution in [2.75, 3.05) is 0 Å². The van der Waals surface area contributed by atoms with Gasteiger partial charge in [0.25, 0.3) is 0 Å². The summed E-state index contributed by atoms with van der Waals surface area (Å²) in [5.41, 5.74) is 2.52. The van der Waals surface area contributed by atoms with Gasteiger partial charge in [-0.05, 0) is 44.1 Å². The summed E-state index contributed by atoms with van der Waals surface area (Å²) < 4.78 is 0. The third-order valence-electron chi connectivity index (χ3n) is 3.42. The molecule has 86 valence electrons. The Balaban J connectivity index is 1.93. The van der Waals surface area contributed by atoms with Crippen molar-refractivity contribution in [1.82, 2.24) is 0 Å². The molecule has 2 unspecified atom stereocenters. The maximum absolute atomic E-state index is 10.2. The molecule has 1 heteroatoms. The van der Waals surface area contributed by atoms with Crippen LogP contribution in [0.5, 0.6) is 0 Å². The second-order valence-electron chi connectivity index (χ2n) is 4.80. The Hall–Kier alpha value is -1.08. The predicted molar refractivity (Wildman–Crippen MR) is 67.4 cm³/mol. The van der Waals surface area contributed by atoms with E-state index in [1.165, 1.54) is 11.1 Å². The molecule has 0 fully saturated rings. The van der Waals surface area contributed by atoms with E-state index in [0.717, 1.165) is 25.7 Å². The molecule has 1 aromatic rings. The summed E-state index contributed by atoms with van der Waals surface area (Å²) in [6.45, 7) is 2.09. The van der Waals surface area contributed by atoms with Gasteiger partial charge in [0.15, 0.2) is 0 Å². The van der Waals surface area contributed by atoms with E-state index in [1.54, 1.807) is 0 Å². The second kappa shape index (κ2) is 5.31. The van der Waals surface area contributed by atoms with Gasteiger partial charge in [0.2, 0.25) is 0 Å². The van der Waals surface area contributed by atoms with Crippen LogP contribution in [-0.4, -0.2) is 11.2 Å². The highest BCUT2D eigenvalue weighted by atomic mass is 16.3. The highest BCUT2D eigenvalue weighted by Crippen LogP contribution is 2.23. The van der Waals surface area contributed by atoms with Crippen molar-refractivity contribution in [3.63, 3.8) is 0 Å². The molecule has 0 saturated carbocycles. The fourth-order valence-electron chi connectivity index (χ4n) is 2.30. The summed E-state index contributed by atoms with van der Waals surface area (Å²) in [6, 6.07) is 8.47. The van der Waals surface area contributed by atoms with E-state index in [9.17, 15) is 5.11 Å². The average Bonchev–Trinajstić information content (AvgIpc) is 2.33. The van der Waals surface area contributed by atoms with Crippen LogP contribution < -0.4 is 0 Å². The second-order valence-corrected chi connectivity index (χ2v) is 4.80. The van der Waals surface area contributed by atoms with Gasteiger partial charge in [-0.15, -0.1) is 0 Å². The zero-order chi connectivity index (χ0) is 11.4. The molecule has 0 aromatic heterocycles. The largest absolute Gasteiger partial charge is 0.392 e. The molecule has 0 heterocycles. The highest BCUT2D eigenvalue weighted by Gasteiger charge is 2.19. The van der Waals surface area contributed by atoms with Gasteiger partial charge in [-0.1, -0.05) is 42.0 Å². The lowest BCUT2D eigenvalue weighted by atomic mass is 9.86. The van der Waals surface area contributed by atoms with Crippen LogP contribution in [0.2, 0.25) is 0 Å². The van der Waals surface area contributed by atoms with Crippen LogP contribution in [0.3, 0.4) is 0 Å². The molecule has 0 saturated heterocycles. The van der Waals surface area contributed by atoms with Gasteiger partial charge >= 0.3 is 0 Å². The molecule has 1 nitrogen and oxygen atoms in total. The van der Waals surface area contributed by atoms with Gasteiger partial charge in [-0.25, -0.2) is 0 Å². The van der Waals surface area contributed by atoms with E-state index >= 15 is 0 Å². The van der Waals surface area contributed by atoms with Gasteiger partial charge in [0.05, 0.1) is 6.10 Å². The third-order valence-corrected chi connectivity index (χ3v) is 3.42. The lowest BCUT2D eigenvalue weighted by Crippen LogP contribution is -2.23. The fraction of sp³-hybridized carbons (Fsp3) is 0.467. The van der Waals surface area contributed by atoms with Crippen molar-refractivity contribution in [3.05, 3.63) is 47.5 Å². The highest BCUT2D eigenvalue weighted by molar-refractivity contribution is 5.22. The van der Waals surface area contributed by atoms with E-state index in [2.05, 4.69) is 43.3 Å². The summed E-state index contributed by atoms with van der Waals surface area (Å²) in [7, 11) is 0. The van der Waals surface area contributed by atoms with Crippen molar-refractivity contribution in [2.45, 2.75) is 38.7 Å². The molecule has 2 atom stereocenters. The van der Waals surface area contributed by atoms with Gasteiger partial charge in [-0.3, -0.25) is 0 Å². The first kappa shape index (κ1) is 11.4. The molecule has 1 N–H and O–H groups in total. The molecule has 2 rings (SSSR count). The van der Waals surface area contributed by atoms with E-state index in [0.29, 0.717) is 5.92 Å². The minimum Gasteiger partial charge on any atom is -0.392 e. The SMILES string of the molecule is Cc1ccc(CC(O)C2CC=CCC2)cc1. The number of hydrogen-bond acceptors (Lipinski definition) is 1. The van der Waals surface area contributed by atoms with Crippen molar-refractivity contribution in [3.8, 4) is 0 Å². The van der Waals surface area contributed by atoms with Crippen LogP contribution >= 0.6 is 0 Å². The van der Waals surface area contributed by atoms with Crippen molar-refractivity contribution in [1.29, 1.82) is 0 Å². The number of allylic oxidation sites excluding steroid dienone is 2. The Labute approximate surface area is 97.8 Å². The topological polar surface area (TPSA) is 20.2 Å². The van der Waals surface area contributed by atoms with Crippen LogP contribution in [0.4, 0.5) is 0 Å². The summed E-state index contributed by atoms with van der Waals surface area (Å²) in [4.78, 5) is 0. The minimum absolute atomic E-state index is 0.187. The Kier molecular flexibility index (Phi) is 3.79. The van der Waals surface area contributed by atoms with Crippen LogP contribution in [-0.2, 0) is 6.42 Å². The molecular weight excluding hydrogens is 196 g/mol. The molecule has 1 aliphatic rings. The van der Waals surface area contributed by atoms with Crippen LogP contribution in [0, 0.1) is 12.8 Å². The number of benzene rings is 1. The molecule has 0 radical (unpaired) electrons. The molecule has 0 aliphatic heterocycles. The summed E-state index contributed by atoms with van der Waals surface area (Å²) >= 11 is 0. The maximum atomic E-state index is 10.2. The smallest absolute Gasteiger partial charge is 0.0611 e. The number of rotatable bonds is 3. The fourth-order valence-corrected chi connectivity index (χ4v) is 2.30. The number of aryl methyl sites for hydroxylation is 1. The molecule has 16 heavy (non-hydrogen) atoms. The average molecular weight is 216 g/mol. The van der Waals surface area contributed by atoms with Gasteiger partial charge in [-0.2, -0.15) is 0 Å². The lowest BCUT2D eigenvalue weighted by molar-refractivity contribution is 0.102. The molecule has 0 bridgehead atoms. The predicted octanol–water partition coefficient (Wildman–Crippen LogP) is 3.25. The van der Waals surface area contributed by atoms with E-state index in [1.807, 2.05) is 0 Å².